The Kier molecular flexibility index (Phi) is 4.98. The second kappa shape index (κ2) is 5.88. The Morgan fingerprint density at radius 1 is 1.50 bits per heavy atom. The molecule has 1 unspecified atom stereocenters. The summed E-state index contributed by atoms with van der Waals surface area (Å²) in [5.41, 5.74) is -0.750. The molecule has 0 aromatic carbocycles. The van der Waals surface area contributed by atoms with Crippen molar-refractivity contribution in [2.75, 3.05) is 32.8 Å². The third-order valence-corrected chi connectivity index (χ3v) is 3.40. The average Bonchev–Trinajstić information content (AvgIpc) is 2.75. The summed E-state index contributed by atoms with van der Waals surface area (Å²) >= 11 is 0. The molecule has 2 N–H and O–H groups in total. The van der Waals surface area contributed by atoms with E-state index in [-0.39, 0.29) is 6.54 Å². The number of aliphatic hydroxyl groups excluding tert-OH is 1. The Morgan fingerprint density at radius 2 is 2.17 bits per heavy atom. The number of nitrogens with zero attached hydrogens (tertiary/aromatic N) is 1. The highest BCUT2D eigenvalue weighted by atomic mass is 19.4. The van der Waals surface area contributed by atoms with Crippen LogP contribution < -0.4 is 5.32 Å². The second-order valence-corrected chi connectivity index (χ2v) is 4.63. The summed E-state index contributed by atoms with van der Waals surface area (Å²) in [6.07, 6.45) is -3.40. The summed E-state index contributed by atoms with van der Waals surface area (Å²) in [6.45, 7) is 0.805. The van der Waals surface area contributed by atoms with Gasteiger partial charge in [0.25, 0.3) is 0 Å². The third kappa shape index (κ3) is 3.58. The number of aliphatic hydroxyl groups is 1. The lowest BCUT2D eigenvalue weighted by atomic mass is 9.82. The topological polar surface area (TPSA) is 52.6 Å². The number of carbonyl (C=O) groups excluding carboxylic acids is 1. The number of carbonyl (C=O) groups is 1. The van der Waals surface area contributed by atoms with Crippen LogP contribution in [0.4, 0.5) is 13.2 Å². The van der Waals surface area contributed by atoms with Crippen LogP contribution in [0.15, 0.2) is 0 Å². The molecule has 1 aliphatic heterocycles. The molecule has 0 radical (unpaired) electrons. The lowest BCUT2D eigenvalue weighted by Crippen LogP contribution is -2.49. The van der Waals surface area contributed by atoms with Crippen LogP contribution in [0.3, 0.4) is 0 Å². The molecule has 0 aromatic heterocycles. The molecule has 1 aliphatic rings. The molecule has 0 aliphatic carbocycles. The summed E-state index contributed by atoms with van der Waals surface area (Å²) in [5, 5.41) is 11.8. The van der Waals surface area contributed by atoms with Gasteiger partial charge < -0.3 is 15.3 Å². The first kappa shape index (κ1) is 15.2. The van der Waals surface area contributed by atoms with E-state index < -0.39 is 30.7 Å². The number of amides is 1. The van der Waals surface area contributed by atoms with Gasteiger partial charge in [0.05, 0.1) is 12.0 Å². The summed E-state index contributed by atoms with van der Waals surface area (Å²) < 4.78 is 37.2. The molecule has 7 heteroatoms. The van der Waals surface area contributed by atoms with Gasteiger partial charge in [-0.25, -0.2) is 0 Å². The molecular weight excluding hydrogens is 249 g/mol. The monoisotopic (exact) mass is 268 g/mol. The number of hydrogen-bond donors (Lipinski definition) is 2. The van der Waals surface area contributed by atoms with Gasteiger partial charge in [-0.2, -0.15) is 13.2 Å². The van der Waals surface area contributed by atoms with E-state index in [0.29, 0.717) is 25.9 Å². The largest absolute Gasteiger partial charge is 0.406 e. The zero-order valence-electron chi connectivity index (χ0n) is 10.4. The zero-order valence-corrected chi connectivity index (χ0v) is 10.4. The first-order valence-electron chi connectivity index (χ1n) is 6.02. The van der Waals surface area contributed by atoms with Crippen LogP contribution in [-0.2, 0) is 4.79 Å². The normalized spacial score (nSPS) is 24.3. The number of nitrogens with one attached hydrogen (secondary N) is 1. The van der Waals surface area contributed by atoms with E-state index in [4.69, 9.17) is 5.11 Å². The van der Waals surface area contributed by atoms with Crippen LogP contribution in [0.5, 0.6) is 0 Å². The SMILES string of the molecule is CCC1(C(=O)N(CCO)CC(F)(F)F)CCNC1. The fourth-order valence-corrected chi connectivity index (χ4v) is 2.30. The Morgan fingerprint density at radius 3 is 2.56 bits per heavy atom. The molecule has 0 bridgehead atoms. The molecule has 1 heterocycles. The van der Waals surface area contributed by atoms with E-state index in [9.17, 15) is 18.0 Å². The van der Waals surface area contributed by atoms with Gasteiger partial charge in [-0.3, -0.25) is 4.79 Å². The Labute approximate surface area is 104 Å². The predicted octanol–water partition coefficient (Wildman–Crippen LogP) is 0.759. The van der Waals surface area contributed by atoms with Crippen LogP contribution in [0, 0.1) is 5.41 Å². The van der Waals surface area contributed by atoms with Crippen LogP contribution in [0.2, 0.25) is 0 Å². The van der Waals surface area contributed by atoms with Crippen LogP contribution in [0.25, 0.3) is 0 Å². The fraction of sp³-hybridized carbons (Fsp3) is 0.909. The van der Waals surface area contributed by atoms with Gasteiger partial charge in [-0.1, -0.05) is 6.92 Å². The van der Waals surface area contributed by atoms with Gasteiger partial charge in [0.2, 0.25) is 5.91 Å². The van der Waals surface area contributed by atoms with Crippen molar-refractivity contribution in [3.8, 4) is 0 Å². The summed E-state index contributed by atoms with van der Waals surface area (Å²) in [5.74, 6) is -0.513. The Hall–Kier alpha value is -0.820. The van der Waals surface area contributed by atoms with E-state index in [2.05, 4.69) is 5.32 Å². The van der Waals surface area contributed by atoms with Crippen molar-refractivity contribution in [2.45, 2.75) is 25.9 Å². The van der Waals surface area contributed by atoms with Crippen LogP contribution >= 0.6 is 0 Å². The number of halogens is 3. The van der Waals surface area contributed by atoms with E-state index >= 15 is 0 Å². The highest BCUT2D eigenvalue weighted by Crippen LogP contribution is 2.32. The second-order valence-electron chi connectivity index (χ2n) is 4.63. The number of rotatable bonds is 5. The van der Waals surface area contributed by atoms with Gasteiger partial charge in [0.1, 0.15) is 6.54 Å². The maximum Gasteiger partial charge on any atom is 0.406 e. The van der Waals surface area contributed by atoms with Crippen molar-refractivity contribution >= 4 is 5.91 Å². The minimum Gasteiger partial charge on any atom is -0.395 e. The molecule has 1 atom stereocenters. The lowest BCUT2D eigenvalue weighted by Gasteiger charge is -2.33. The molecule has 1 fully saturated rings. The maximum absolute atomic E-state index is 12.4. The van der Waals surface area contributed by atoms with Gasteiger partial charge in [0, 0.05) is 13.1 Å². The minimum atomic E-state index is -4.44. The molecular formula is C11H19F3N2O2. The van der Waals surface area contributed by atoms with Crippen molar-refractivity contribution in [1.29, 1.82) is 0 Å². The van der Waals surface area contributed by atoms with Crippen molar-refractivity contribution in [1.82, 2.24) is 10.2 Å². The van der Waals surface area contributed by atoms with Crippen molar-refractivity contribution < 1.29 is 23.1 Å². The zero-order chi connectivity index (χ0) is 13.8. The van der Waals surface area contributed by atoms with Crippen molar-refractivity contribution in [3.05, 3.63) is 0 Å². The van der Waals surface area contributed by atoms with Crippen molar-refractivity contribution in [3.63, 3.8) is 0 Å². The minimum absolute atomic E-state index is 0.278. The molecule has 1 rings (SSSR count). The Bertz CT molecular complexity index is 289. The van der Waals surface area contributed by atoms with Gasteiger partial charge in [-0.15, -0.1) is 0 Å². The van der Waals surface area contributed by atoms with Gasteiger partial charge >= 0.3 is 6.18 Å². The highest BCUT2D eigenvalue weighted by molar-refractivity contribution is 5.83. The quantitative estimate of drug-likeness (QED) is 0.774. The summed E-state index contributed by atoms with van der Waals surface area (Å²) in [7, 11) is 0. The number of alkyl halides is 3. The van der Waals surface area contributed by atoms with E-state index in [1.165, 1.54) is 0 Å². The molecule has 1 amide bonds. The molecule has 0 saturated carbocycles. The standard InChI is InChI=1S/C11H19F3N2O2/c1-2-10(3-4-15-7-10)9(18)16(5-6-17)8-11(12,13)14/h15,17H,2-8H2,1H3. The summed E-state index contributed by atoms with van der Waals surface area (Å²) in [4.78, 5) is 13.0. The molecule has 106 valence electrons. The Balaban J connectivity index is 2.81. The maximum atomic E-state index is 12.4. The van der Waals surface area contributed by atoms with Crippen molar-refractivity contribution in [2.24, 2.45) is 5.41 Å². The van der Waals surface area contributed by atoms with Crippen LogP contribution in [0.1, 0.15) is 19.8 Å². The highest BCUT2D eigenvalue weighted by Gasteiger charge is 2.44. The molecule has 18 heavy (non-hydrogen) atoms. The smallest absolute Gasteiger partial charge is 0.395 e. The predicted molar refractivity (Wildman–Crippen MR) is 59.9 cm³/mol. The average molecular weight is 268 g/mol. The third-order valence-electron chi connectivity index (χ3n) is 3.40. The fourth-order valence-electron chi connectivity index (χ4n) is 2.30. The molecule has 4 nitrogen and oxygen atoms in total. The molecule has 1 saturated heterocycles. The van der Waals surface area contributed by atoms with Gasteiger partial charge in [-0.05, 0) is 19.4 Å². The summed E-state index contributed by atoms with van der Waals surface area (Å²) in [6, 6.07) is 0. The molecule has 0 aromatic rings. The van der Waals surface area contributed by atoms with E-state index in [1.54, 1.807) is 6.92 Å². The lowest BCUT2D eigenvalue weighted by molar-refractivity contribution is -0.168. The molecule has 0 spiro atoms. The first-order valence-corrected chi connectivity index (χ1v) is 6.02. The van der Waals surface area contributed by atoms with E-state index in [0.717, 1.165) is 4.90 Å². The van der Waals surface area contributed by atoms with Crippen LogP contribution in [-0.4, -0.2) is 54.9 Å². The van der Waals surface area contributed by atoms with Gasteiger partial charge in [0.15, 0.2) is 0 Å². The first-order chi connectivity index (χ1) is 8.34. The number of hydrogen-bond acceptors (Lipinski definition) is 3. The van der Waals surface area contributed by atoms with E-state index in [1.807, 2.05) is 0 Å².